The number of aryl methyl sites for hydroxylation is 2. The molecular formula is C16H18O. The molecule has 0 aliphatic heterocycles. The van der Waals surface area contributed by atoms with Gasteiger partial charge in [-0.3, -0.25) is 0 Å². The molecule has 88 valence electrons. The maximum atomic E-state index is 5.73. The molecule has 0 bridgehead atoms. The van der Waals surface area contributed by atoms with Crippen LogP contribution in [-0.4, -0.2) is 0 Å². The van der Waals surface area contributed by atoms with Gasteiger partial charge in [0.2, 0.25) is 0 Å². The van der Waals surface area contributed by atoms with Gasteiger partial charge in [0.15, 0.2) is 0 Å². The molecular weight excluding hydrogens is 208 g/mol. The predicted molar refractivity (Wildman–Crippen MR) is 70.9 cm³/mol. The molecule has 0 amide bonds. The lowest BCUT2D eigenvalue weighted by atomic mass is 10.1. The molecule has 0 unspecified atom stereocenters. The normalized spacial score (nSPS) is 10.5. The van der Waals surface area contributed by atoms with Gasteiger partial charge < -0.3 is 4.74 Å². The molecule has 2 aromatic rings. The Labute approximate surface area is 103 Å². The highest BCUT2D eigenvalue weighted by Gasteiger charge is 1.97. The van der Waals surface area contributed by atoms with Crippen LogP contribution in [0.3, 0.4) is 0 Å². The zero-order valence-electron chi connectivity index (χ0n) is 10.4. The Balaban J connectivity index is 1.88. The van der Waals surface area contributed by atoms with E-state index >= 15 is 0 Å². The van der Waals surface area contributed by atoms with E-state index in [0.29, 0.717) is 13.2 Å². The zero-order chi connectivity index (χ0) is 12.1. The molecule has 17 heavy (non-hydrogen) atoms. The van der Waals surface area contributed by atoms with Crippen LogP contribution in [0.1, 0.15) is 22.3 Å². The van der Waals surface area contributed by atoms with Crippen LogP contribution < -0.4 is 0 Å². The SMILES string of the molecule is Cc1ccc(COCc2ccccc2C)cc1. The van der Waals surface area contributed by atoms with E-state index in [1.807, 2.05) is 0 Å². The number of rotatable bonds is 4. The van der Waals surface area contributed by atoms with Gasteiger partial charge in [-0.15, -0.1) is 0 Å². The van der Waals surface area contributed by atoms with Crippen LogP contribution in [0.2, 0.25) is 0 Å². The van der Waals surface area contributed by atoms with Crippen LogP contribution in [0.25, 0.3) is 0 Å². The summed E-state index contributed by atoms with van der Waals surface area (Å²) >= 11 is 0. The highest BCUT2D eigenvalue weighted by atomic mass is 16.5. The van der Waals surface area contributed by atoms with Gasteiger partial charge in [-0.2, -0.15) is 0 Å². The molecule has 2 rings (SSSR count). The number of benzene rings is 2. The van der Waals surface area contributed by atoms with Crippen LogP contribution in [0.5, 0.6) is 0 Å². The standard InChI is InChI=1S/C16H18O/c1-13-7-9-15(10-8-13)11-17-12-16-6-4-3-5-14(16)2/h3-10H,11-12H2,1-2H3. The lowest BCUT2D eigenvalue weighted by Gasteiger charge is -2.07. The summed E-state index contributed by atoms with van der Waals surface area (Å²) in [7, 11) is 0. The van der Waals surface area contributed by atoms with Crippen LogP contribution >= 0.6 is 0 Å². The average molecular weight is 226 g/mol. The highest BCUT2D eigenvalue weighted by molar-refractivity contribution is 5.25. The molecule has 1 nitrogen and oxygen atoms in total. The van der Waals surface area contributed by atoms with E-state index in [1.54, 1.807) is 0 Å². The Hall–Kier alpha value is -1.60. The zero-order valence-corrected chi connectivity index (χ0v) is 10.4. The molecule has 1 heteroatoms. The summed E-state index contributed by atoms with van der Waals surface area (Å²) in [5.74, 6) is 0. The molecule has 0 aromatic heterocycles. The number of ether oxygens (including phenoxy) is 1. The van der Waals surface area contributed by atoms with Crippen molar-refractivity contribution in [2.45, 2.75) is 27.1 Å². The Morgan fingerprint density at radius 3 is 2.24 bits per heavy atom. The fourth-order valence-corrected chi connectivity index (χ4v) is 1.74. The van der Waals surface area contributed by atoms with Crippen molar-refractivity contribution in [3.8, 4) is 0 Å². The Morgan fingerprint density at radius 2 is 1.53 bits per heavy atom. The largest absolute Gasteiger partial charge is 0.372 e. The molecule has 0 spiro atoms. The van der Waals surface area contributed by atoms with Gasteiger partial charge in [0.1, 0.15) is 0 Å². The van der Waals surface area contributed by atoms with E-state index in [1.165, 1.54) is 22.3 Å². The Bertz CT molecular complexity index is 471. The number of hydrogen-bond donors (Lipinski definition) is 0. The Morgan fingerprint density at radius 1 is 0.824 bits per heavy atom. The third-order valence-corrected chi connectivity index (χ3v) is 2.91. The summed E-state index contributed by atoms with van der Waals surface area (Å²) in [6.45, 7) is 5.57. The van der Waals surface area contributed by atoms with E-state index in [4.69, 9.17) is 4.74 Å². The quantitative estimate of drug-likeness (QED) is 0.765. The average Bonchev–Trinajstić information content (AvgIpc) is 2.34. The van der Waals surface area contributed by atoms with Crippen LogP contribution in [0.4, 0.5) is 0 Å². The van der Waals surface area contributed by atoms with Crippen molar-refractivity contribution in [2.24, 2.45) is 0 Å². The first-order valence-corrected chi connectivity index (χ1v) is 5.93. The minimum atomic E-state index is 0.675. The predicted octanol–water partition coefficient (Wildman–Crippen LogP) is 4.02. The second kappa shape index (κ2) is 5.65. The van der Waals surface area contributed by atoms with E-state index in [2.05, 4.69) is 62.4 Å². The summed E-state index contributed by atoms with van der Waals surface area (Å²) in [4.78, 5) is 0. The monoisotopic (exact) mass is 226 g/mol. The Kier molecular flexibility index (Phi) is 3.94. The number of hydrogen-bond acceptors (Lipinski definition) is 1. The highest BCUT2D eigenvalue weighted by Crippen LogP contribution is 2.10. The van der Waals surface area contributed by atoms with Crippen molar-refractivity contribution in [3.63, 3.8) is 0 Å². The van der Waals surface area contributed by atoms with Crippen molar-refractivity contribution < 1.29 is 4.74 Å². The maximum Gasteiger partial charge on any atom is 0.0724 e. The molecule has 0 heterocycles. The lowest BCUT2D eigenvalue weighted by Crippen LogP contribution is -1.96. The van der Waals surface area contributed by atoms with Gasteiger partial charge in [0.05, 0.1) is 13.2 Å². The maximum absolute atomic E-state index is 5.73. The van der Waals surface area contributed by atoms with E-state index in [0.717, 1.165) is 0 Å². The van der Waals surface area contributed by atoms with Gasteiger partial charge in [-0.1, -0.05) is 54.1 Å². The first kappa shape index (κ1) is 11.9. The molecule has 0 aliphatic carbocycles. The van der Waals surface area contributed by atoms with E-state index in [-0.39, 0.29) is 0 Å². The van der Waals surface area contributed by atoms with Crippen molar-refractivity contribution >= 4 is 0 Å². The molecule has 0 N–H and O–H groups in total. The second-order valence-electron chi connectivity index (χ2n) is 4.40. The summed E-state index contributed by atoms with van der Waals surface area (Å²) in [6, 6.07) is 16.8. The van der Waals surface area contributed by atoms with Gasteiger partial charge >= 0.3 is 0 Å². The first-order chi connectivity index (χ1) is 8.25. The van der Waals surface area contributed by atoms with E-state index in [9.17, 15) is 0 Å². The van der Waals surface area contributed by atoms with Gasteiger partial charge in [0, 0.05) is 0 Å². The van der Waals surface area contributed by atoms with Crippen LogP contribution in [0, 0.1) is 13.8 Å². The van der Waals surface area contributed by atoms with Crippen molar-refractivity contribution in [3.05, 3.63) is 70.8 Å². The van der Waals surface area contributed by atoms with Gasteiger partial charge in [0.25, 0.3) is 0 Å². The summed E-state index contributed by atoms with van der Waals surface area (Å²) in [5, 5.41) is 0. The minimum absolute atomic E-state index is 0.675. The lowest BCUT2D eigenvalue weighted by molar-refractivity contribution is 0.107. The molecule has 2 aromatic carbocycles. The first-order valence-electron chi connectivity index (χ1n) is 5.93. The fourth-order valence-electron chi connectivity index (χ4n) is 1.74. The topological polar surface area (TPSA) is 9.23 Å². The summed E-state index contributed by atoms with van der Waals surface area (Å²) in [6.07, 6.45) is 0. The third kappa shape index (κ3) is 3.43. The molecule has 0 saturated carbocycles. The van der Waals surface area contributed by atoms with Crippen LogP contribution in [-0.2, 0) is 18.0 Å². The minimum Gasteiger partial charge on any atom is -0.372 e. The van der Waals surface area contributed by atoms with Crippen molar-refractivity contribution in [1.29, 1.82) is 0 Å². The van der Waals surface area contributed by atoms with E-state index < -0.39 is 0 Å². The van der Waals surface area contributed by atoms with Gasteiger partial charge in [-0.25, -0.2) is 0 Å². The smallest absolute Gasteiger partial charge is 0.0724 e. The molecule has 0 fully saturated rings. The van der Waals surface area contributed by atoms with Crippen LogP contribution in [0.15, 0.2) is 48.5 Å². The molecule has 0 saturated heterocycles. The molecule has 0 atom stereocenters. The van der Waals surface area contributed by atoms with Crippen molar-refractivity contribution in [1.82, 2.24) is 0 Å². The third-order valence-electron chi connectivity index (χ3n) is 2.91. The second-order valence-corrected chi connectivity index (χ2v) is 4.40. The summed E-state index contributed by atoms with van der Waals surface area (Å²) < 4.78 is 5.73. The fraction of sp³-hybridized carbons (Fsp3) is 0.250. The van der Waals surface area contributed by atoms with Gasteiger partial charge in [-0.05, 0) is 30.5 Å². The molecule has 0 radical (unpaired) electrons. The summed E-state index contributed by atoms with van der Waals surface area (Å²) in [5.41, 5.74) is 5.06. The molecule has 0 aliphatic rings. The van der Waals surface area contributed by atoms with Crippen molar-refractivity contribution in [2.75, 3.05) is 0 Å².